The fraction of sp³-hybridized carbons (Fsp3) is 0.462. The van der Waals surface area contributed by atoms with Gasteiger partial charge in [0.15, 0.2) is 0 Å². The topological polar surface area (TPSA) is 61.5 Å². The number of nitrogens with two attached hydrogens (primary N) is 1. The van der Waals surface area contributed by atoms with E-state index in [1.165, 1.54) is 7.11 Å². The van der Waals surface area contributed by atoms with Gasteiger partial charge >= 0.3 is 5.97 Å². The maximum absolute atomic E-state index is 11.1. The normalized spacial score (nSPS) is 12.0. The second-order valence-corrected chi connectivity index (χ2v) is 4.97. The third-order valence-corrected chi connectivity index (χ3v) is 3.57. The Morgan fingerprint density at radius 3 is 2.72 bits per heavy atom. The Hall–Kier alpha value is -1.20. The summed E-state index contributed by atoms with van der Waals surface area (Å²) in [4.78, 5) is 12.1. The smallest absolute Gasteiger partial charge is 0.306 e. The Labute approximate surface area is 112 Å². The molecule has 1 aromatic rings. The van der Waals surface area contributed by atoms with E-state index in [0.29, 0.717) is 12.2 Å². The van der Waals surface area contributed by atoms with Gasteiger partial charge in [0.05, 0.1) is 20.6 Å². The fourth-order valence-corrected chi connectivity index (χ4v) is 2.73. The van der Waals surface area contributed by atoms with Crippen LogP contribution in [0, 0.1) is 0 Å². The predicted molar refractivity (Wildman–Crippen MR) is 73.0 cm³/mol. The molecule has 0 fully saturated rings. The fourth-order valence-electron chi connectivity index (χ4n) is 1.62. The first-order valence-corrected chi connectivity index (χ1v) is 6.70. The van der Waals surface area contributed by atoms with Crippen LogP contribution in [0.5, 0.6) is 5.75 Å². The van der Waals surface area contributed by atoms with E-state index in [1.807, 2.05) is 25.1 Å². The number of ether oxygens (including phenoxy) is 2. The summed E-state index contributed by atoms with van der Waals surface area (Å²) in [6.45, 7) is 1.92. The first-order valence-electron chi connectivity index (χ1n) is 5.72. The standard InChI is InChI=1S/C13H19NO3S/c1-9(14)13-10(16-2)5-4-6-11(13)18-8-7-12(15)17-3/h4-6,9H,7-8,14H2,1-3H3/t9-/m1/s1. The molecule has 5 heteroatoms. The van der Waals surface area contributed by atoms with Gasteiger partial charge in [0.1, 0.15) is 5.75 Å². The third-order valence-electron chi connectivity index (χ3n) is 2.49. The number of rotatable bonds is 6. The summed E-state index contributed by atoms with van der Waals surface area (Å²) in [5.41, 5.74) is 6.95. The van der Waals surface area contributed by atoms with E-state index in [9.17, 15) is 4.79 Å². The molecule has 0 bridgehead atoms. The zero-order chi connectivity index (χ0) is 13.5. The Morgan fingerprint density at radius 1 is 1.44 bits per heavy atom. The van der Waals surface area contributed by atoms with Crippen LogP contribution in [0.2, 0.25) is 0 Å². The summed E-state index contributed by atoms with van der Waals surface area (Å²) in [7, 11) is 3.02. The molecule has 1 atom stereocenters. The highest BCUT2D eigenvalue weighted by molar-refractivity contribution is 7.99. The molecule has 100 valence electrons. The molecule has 0 aliphatic carbocycles. The molecular formula is C13H19NO3S. The largest absolute Gasteiger partial charge is 0.496 e. The van der Waals surface area contributed by atoms with Crippen LogP contribution in [-0.4, -0.2) is 25.9 Å². The minimum absolute atomic E-state index is 0.109. The lowest BCUT2D eigenvalue weighted by Crippen LogP contribution is -2.09. The van der Waals surface area contributed by atoms with E-state index in [2.05, 4.69) is 4.74 Å². The second-order valence-electron chi connectivity index (χ2n) is 3.84. The van der Waals surface area contributed by atoms with Gasteiger partial charge in [-0.05, 0) is 19.1 Å². The number of methoxy groups -OCH3 is 2. The van der Waals surface area contributed by atoms with Crippen molar-refractivity contribution in [1.82, 2.24) is 0 Å². The van der Waals surface area contributed by atoms with Crippen molar-refractivity contribution in [2.45, 2.75) is 24.3 Å². The van der Waals surface area contributed by atoms with Crippen molar-refractivity contribution < 1.29 is 14.3 Å². The number of carbonyl (C=O) groups is 1. The summed E-state index contributed by atoms with van der Waals surface area (Å²) in [5.74, 6) is 1.25. The highest BCUT2D eigenvalue weighted by Crippen LogP contribution is 2.34. The quantitative estimate of drug-likeness (QED) is 0.634. The van der Waals surface area contributed by atoms with Crippen LogP contribution in [0.25, 0.3) is 0 Å². The number of hydrogen-bond acceptors (Lipinski definition) is 5. The Bertz CT molecular complexity index is 407. The molecule has 0 amide bonds. The van der Waals surface area contributed by atoms with Crippen molar-refractivity contribution in [3.8, 4) is 5.75 Å². The zero-order valence-corrected chi connectivity index (χ0v) is 11.8. The summed E-state index contributed by atoms with van der Waals surface area (Å²) in [6.07, 6.45) is 0.386. The number of carbonyl (C=O) groups excluding carboxylic acids is 1. The minimum atomic E-state index is -0.201. The van der Waals surface area contributed by atoms with Gasteiger partial charge in [-0.25, -0.2) is 0 Å². The maximum Gasteiger partial charge on any atom is 0.306 e. The maximum atomic E-state index is 11.1. The second kappa shape index (κ2) is 7.28. The molecule has 0 aliphatic rings. The van der Waals surface area contributed by atoms with Crippen molar-refractivity contribution >= 4 is 17.7 Å². The van der Waals surface area contributed by atoms with Gasteiger partial charge in [-0.15, -0.1) is 11.8 Å². The summed E-state index contributed by atoms with van der Waals surface area (Å²) in [5, 5.41) is 0. The van der Waals surface area contributed by atoms with Crippen LogP contribution in [0.1, 0.15) is 24.9 Å². The molecule has 0 saturated carbocycles. The zero-order valence-electron chi connectivity index (χ0n) is 10.9. The van der Waals surface area contributed by atoms with Crippen LogP contribution in [-0.2, 0) is 9.53 Å². The van der Waals surface area contributed by atoms with Crippen LogP contribution in [0.4, 0.5) is 0 Å². The molecule has 0 spiro atoms. The highest BCUT2D eigenvalue weighted by atomic mass is 32.2. The molecule has 18 heavy (non-hydrogen) atoms. The van der Waals surface area contributed by atoms with Crippen molar-refractivity contribution in [3.05, 3.63) is 23.8 Å². The molecule has 0 radical (unpaired) electrons. The van der Waals surface area contributed by atoms with Gasteiger partial charge in [0, 0.05) is 22.3 Å². The first-order chi connectivity index (χ1) is 8.60. The number of thioether (sulfide) groups is 1. The number of benzene rings is 1. The summed E-state index contributed by atoms with van der Waals surface area (Å²) >= 11 is 1.59. The van der Waals surface area contributed by atoms with E-state index in [4.69, 9.17) is 10.5 Å². The van der Waals surface area contributed by atoms with Gasteiger partial charge in [-0.1, -0.05) is 6.07 Å². The number of hydrogen-bond donors (Lipinski definition) is 1. The third kappa shape index (κ3) is 3.92. The van der Waals surface area contributed by atoms with E-state index < -0.39 is 0 Å². The van der Waals surface area contributed by atoms with Crippen LogP contribution >= 0.6 is 11.8 Å². The molecule has 0 unspecified atom stereocenters. The molecule has 1 aromatic carbocycles. The lowest BCUT2D eigenvalue weighted by atomic mass is 10.1. The minimum Gasteiger partial charge on any atom is -0.496 e. The van der Waals surface area contributed by atoms with Crippen molar-refractivity contribution in [2.24, 2.45) is 5.73 Å². The molecule has 4 nitrogen and oxygen atoms in total. The average Bonchev–Trinajstić information content (AvgIpc) is 2.37. The number of esters is 1. The Kier molecular flexibility index (Phi) is 6.01. The van der Waals surface area contributed by atoms with Crippen LogP contribution < -0.4 is 10.5 Å². The Balaban J connectivity index is 2.78. The first kappa shape index (κ1) is 14.9. The lowest BCUT2D eigenvalue weighted by Gasteiger charge is -2.16. The van der Waals surface area contributed by atoms with Crippen LogP contribution in [0.3, 0.4) is 0 Å². The van der Waals surface area contributed by atoms with Gasteiger partial charge in [-0.2, -0.15) is 0 Å². The highest BCUT2D eigenvalue weighted by Gasteiger charge is 2.13. The van der Waals surface area contributed by atoms with Gasteiger partial charge < -0.3 is 15.2 Å². The van der Waals surface area contributed by atoms with Crippen molar-refractivity contribution in [2.75, 3.05) is 20.0 Å². The van der Waals surface area contributed by atoms with E-state index in [0.717, 1.165) is 16.2 Å². The van der Waals surface area contributed by atoms with Crippen molar-refractivity contribution in [3.63, 3.8) is 0 Å². The molecule has 0 heterocycles. The predicted octanol–water partition coefficient (Wildman–Crippen LogP) is 2.37. The van der Waals surface area contributed by atoms with E-state index in [1.54, 1.807) is 18.9 Å². The Morgan fingerprint density at radius 2 is 2.17 bits per heavy atom. The van der Waals surface area contributed by atoms with Crippen molar-refractivity contribution in [1.29, 1.82) is 0 Å². The van der Waals surface area contributed by atoms with E-state index >= 15 is 0 Å². The molecule has 2 N–H and O–H groups in total. The van der Waals surface area contributed by atoms with Gasteiger partial charge in [-0.3, -0.25) is 4.79 Å². The summed E-state index contributed by atoms with van der Waals surface area (Å²) < 4.78 is 9.92. The van der Waals surface area contributed by atoms with Gasteiger partial charge in [0.25, 0.3) is 0 Å². The molecule has 0 aromatic heterocycles. The van der Waals surface area contributed by atoms with E-state index in [-0.39, 0.29) is 12.0 Å². The lowest BCUT2D eigenvalue weighted by molar-refractivity contribution is -0.140. The van der Waals surface area contributed by atoms with Crippen LogP contribution in [0.15, 0.2) is 23.1 Å². The molecule has 0 saturated heterocycles. The monoisotopic (exact) mass is 269 g/mol. The van der Waals surface area contributed by atoms with Gasteiger partial charge in [0.2, 0.25) is 0 Å². The molecule has 0 aliphatic heterocycles. The summed E-state index contributed by atoms with van der Waals surface area (Å²) in [6, 6.07) is 5.69. The SMILES string of the molecule is COC(=O)CCSc1cccc(OC)c1[C@@H](C)N. The molecular weight excluding hydrogens is 250 g/mol. The molecule has 1 rings (SSSR count). The average molecular weight is 269 g/mol.